The van der Waals surface area contributed by atoms with Crippen molar-refractivity contribution in [2.24, 2.45) is 0 Å². The highest BCUT2D eigenvalue weighted by molar-refractivity contribution is 5.87. The van der Waals surface area contributed by atoms with Crippen LogP contribution in [0.15, 0.2) is 40.8 Å². The normalized spacial score (nSPS) is 10.2. The third-order valence-electron chi connectivity index (χ3n) is 2.12. The van der Waals surface area contributed by atoms with Gasteiger partial charge in [0, 0.05) is 5.56 Å². The molecular weight excluding hydrogens is 192 g/mol. The van der Waals surface area contributed by atoms with E-state index < -0.39 is 5.97 Å². The highest BCUT2D eigenvalue weighted by Gasteiger charge is 2.03. The van der Waals surface area contributed by atoms with Crippen molar-refractivity contribution in [1.29, 1.82) is 0 Å². The van der Waals surface area contributed by atoms with E-state index in [0.717, 1.165) is 11.3 Å². The summed E-state index contributed by atoms with van der Waals surface area (Å²) >= 11 is 0. The topological polar surface area (TPSA) is 53.3 Å². The molecule has 3 heteroatoms. The first kappa shape index (κ1) is 9.52. The summed E-state index contributed by atoms with van der Waals surface area (Å²) in [5, 5.41) is 10.6. The number of rotatable bonds is 2. The quantitative estimate of drug-likeness (QED) is 0.741. The lowest BCUT2D eigenvalue weighted by Crippen LogP contribution is -2.22. The maximum absolute atomic E-state index is 10.6. The summed E-state index contributed by atoms with van der Waals surface area (Å²) in [5.41, 5.74) is 0.895. The number of carbonyl (C=O) groups excluding carboxylic acids is 1. The lowest BCUT2D eigenvalue weighted by atomic mass is 10.1. The molecule has 1 heterocycles. The minimum Gasteiger partial charge on any atom is -0.545 e. The highest BCUT2D eigenvalue weighted by atomic mass is 16.4. The summed E-state index contributed by atoms with van der Waals surface area (Å²) in [4.78, 5) is 10.6. The second-order valence-electron chi connectivity index (χ2n) is 3.28. The maximum Gasteiger partial charge on any atom is 0.134 e. The highest BCUT2D eigenvalue weighted by Crippen LogP contribution is 2.22. The van der Waals surface area contributed by atoms with E-state index in [-0.39, 0.29) is 5.56 Å². The van der Waals surface area contributed by atoms with Crippen LogP contribution in [-0.4, -0.2) is 5.97 Å². The second-order valence-corrected chi connectivity index (χ2v) is 3.28. The summed E-state index contributed by atoms with van der Waals surface area (Å²) in [5.74, 6) is 0.277. The molecule has 0 aliphatic carbocycles. The van der Waals surface area contributed by atoms with Gasteiger partial charge in [0.25, 0.3) is 0 Å². The van der Waals surface area contributed by atoms with Crippen LogP contribution in [0.4, 0.5) is 0 Å². The number of carboxylic acids is 1. The molecule has 0 aliphatic rings. The van der Waals surface area contributed by atoms with Crippen molar-refractivity contribution in [1.82, 2.24) is 0 Å². The molecule has 0 N–H and O–H groups in total. The molecular formula is C12H9O3-. The van der Waals surface area contributed by atoms with Crippen LogP contribution < -0.4 is 5.11 Å². The summed E-state index contributed by atoms with van der Waals surface area (Å²) < 4.78 is 5.39. The van der Waals surface area contributed by atoms with Crippen LogP contribution in [0, 0.1) is 6.92 Å². The standard InChI is InChI=1S/C12H10O3/c1-8-5-6-11(15-8)9-3-2-4-10(7-9)12(13)14/h2-7H,1H3,(H,13,14)/p-1. The van der Waals surface area contributed by atoms with E-state index in [1.54, 1.807) is 12.1 Å². The van der Waals surface area contributed by atoms with E-state index in [9.17, 15) is 9.90 Å². The lowest BCUT2D eigenvalue weighted by Gasteiger charge is -2.03. The Morgan fingerprint density at radius 3 is 2.67 bits per heavy atom. The smallest absolute Gasteiger partial charge is 0.134 e. The Kier molecular flexibility index (Phi) is 2.29. The number of carboxylic acid groups (broad SMARTS) is 1. The molecule has 0 bridgehead atoms. The first-order chi connectivity index (χ1) is 7.16. The van der Waals surface area contributed by atoms with Crippen molar-refractivity contribution < 1.29 is 14.3 Å². The Bertz CT molecular complexity index is 497. The number of furan rings is 1. The molecule has 15 heavy (non-hydrogen) atoms. The average molecular weight is 201 g/mol. The maximum atomic E-state index is 10.6. The Morgan fingerprint density at radius 1 is 1.27 bits per heavy atom. The van der Waals surface area contributed by atoms with Crippen LogP contribution in [0.2, 0.25) is 0 Å². The van der Waals surface area contributed by atoms with Crippen LogP contribution >= 0.6 is 0 Å². The zero-order valence-electron chi connectivity index (χ0n) is 8.19. The molecule has 0 unspecified atom stereocenters. The molecule has 3 nitrogen and oxygen atoms in total. The zero-order chi connectivity index (χ0) is 10.8. The minimum absolute atomic E-state index is 0.154. The molecule has 0 saturated heterocycles. The van der Waals surface area contributed by atoms with Crippen LogP contribution in [0.3, 0.4) is 0 Å². The van der Waals surface area contributed by atoms with Gasteiger partial charge in [0.1, 0.15) is 11.5 Å². The third-order valence-corrected chi connectivity index (χ3v) is 2.12. The molecule has 0 aliphatic heterocycles. The van der Waals surface area contributed by atoms with Crippen molar-refractivity contribution >= 4 is 5.97 Å². The number of aryl methyl sites for hydroxylation is 1. The minimum atomic E-state index is -1.18. The van der Waals surface area contributed by atoms with E-state index in [0.29, 0.717) is 5.76 Å². The molecule has 1 aromatic carbocycles. The molecule has 1 aromatic heterocycles. The summed E-state index contributed by atoms with van der Waals surface area (Å²) in [6, 6.07) is 10.1. The molecule has 0 spiro atoms. The number of carbonyl (C=O) groups is 1. The predicted molar refractivity (Wildman–Crippen MR) is 53.2 cm³/mol. The summed E-state index contributed by atoms with van der Waals surface area (Å²) in [7, 11) is 0. The van der Waals surface area contributed by atoms with Gasteiger partial charge in [0.15, 0.2) is 0 Å². The van der Waals surface area contributed by atoms with Crippen LogP contribution in [-0.2, 0) is 0 Å². The van der Waals surface area contributed by atoms with Gasteiger partial charge in [-0.25, -0.2) is 0 Å². The van der Waals surface area contributed by atoms with E-state index in [4.69, 9.17) is 4.42 Å². The van der Waals surface area contributed by atoms with E-state index in [1.807, 2.05) is 19.1 Å². The van der Waals surface area contributed by atoms with Crippen molar-refractivity contribution in [3.63, 3.8) is 0 Å². The molecule has 0 atom stereocenters. The van der Waals surface area contributed by atoms with Gasteiger partial charge in [-0.05, 0) is 30.7 Å². The van der Waals surface area contributed by atoms with Crippen LogP contribution in [0.25, 0.3) is 11.3 Å². The summed E-state index contributed by atoms with van der Waals surface area (Å²) in [6.45, 7) is 1.84. The molecule has 0 amide bonds. The zero-order valence-corrected chi connectivity index (χ0v) is 8.19. The molecule has 2 rings (SSSR count). The van der Waals surface area contributed by atoms with E-state index in [2.05, 4.69) is 0 Å². The number of aromatic carboxylic acids is 1. The fraction of sp³-hybridized carbons (Fsp3) is 0.0833. The van der Waals surface area contributed by atoms with Gasteiger partial charge >= 0.3 is 0 Å². The molecule has 0 saturated carbocycles. The number of hydrogen-bond acceptors (Lipinski definition) is 3. The van der Waals surface area contributed by atoms with Crippen molar-refractivity contribution in [2.75, 3.05) is 0 Å². The Balaban J connectivity index is 2.45. The van der Waals surface area contributed by atoms with Gasteiger partial charge in [-0.1, -0.05) is 18.2 Å². The molecule has 76 valence electrons. The first-order valence-corrected chi connectivity index (χ1v) is 4.55. The average Bonchev–Trinajstić information content (AvgIpc) is 2.65. The van der Waals surface area contributed by atoms with E-state index >= 15 is 0 Å². The second kappa shape index (κ2) is 3.61. The number of hydrogen-bond donors (Lipinski definition) is 0. The molecule has 0 fully saturated rings. The van der Waals surface area contributed by atoms with Gasteiger partial charge < -0.3 is 14.3 Å². The third kappa shape index (κ3) is 1.91. The Labute approximate surface area is 87.0 Å². The first-order valence-electron chi connectivity index (χ1n) is 4.55. The Morgan fingerprint density at radius 2 is 2.07 bits per heavy atom. The fourth-order valence-corrected chi connectivity index (χ4v) is 1.39. The largest absolute Gasteiger partial charge is 0.545 e. The summed E-state index contributed by atoms with van der Waals surface area (Å²) in [6.07, 6.45) is 0. The lowest BCUT2D eigenvalue weighted by molar-refractivity contribution is -0.255. The van der Waals surface area contributed by atoms with Gasteiger partial charge in [0.2, 0.25) is 0 Å². The van der Waals surface area contributed by atoms with Crippen molar-refractivity contribution in [3.8, 4) is 11.3 Å². The van der Waals surface area contributed by atoms with Gasteiger partial charge in [-0.15, -0.1) is 0 Å². The van der Waals surface area contributed by atoms with Gasteiger partial charge in [-0.2, -0.15) is 0 Å². The van der Waals surface area contributed by atoms with Crippen molar-refractivity contribution in [2.45, 2.75) is 6.92 Å². The van der Waals surface area contributed by atoms with E-state index in [1.165, 1.54) is 12.1 Å². The predicted octanol–water partition coefficient (Wildman–Crippen LogP) is 1.62. The van der Waals surface area contributed by atoms with Crippen molar-refractivity contribution in [3.05, 3.63) is 47.7 Å². The molecule has 0 radical (unpaired) electrons. The fourth-order valence-electron chi connectivity index (χ4n) is 1.39. The molecule has 2 aromatic rings. The van der Waals surface area contributed by atoms with Gasteiger partial charge in [-0.3, -0.25) is 0 Å². The Hall–Kier alpha value is -2.03. The van der Waals surface area contributed by atoms with Gasteiger partial charge in [0.05, 0.1) is 5.97 Å². The monoisotopic (exact) mass is 201 g/mol. The SMILES string of the molecule is Cc1ccc(-c2cccc(C(=O)[O-])c2)o1. The van der Waals surface area contributed by atoms with Crippen LogP contribution in [0.5, 0.6) is 0 Å². The number of benzene rings is 1. The van der Waals surface area contributed by atoms with Crippen LogP contribution in [0.1, 0.15) is 16.1 Å².